The molecule has 88 valence electrons. The lowest BCUT2D eigenvalue weighted by Crippen LogP contribution is -2.11. The molecule has 0 atom stereocenters. The second-order valence-corrected chi connectivity index (χ2v) is 5.33. The molecule has 0 fully saturated rings. The van der Waals surface area contributed by atoms with Gasteiger partial charge < -0.3 is 10.3 Å². The topological polar surface area (TPSA) is 62.0 Å². The Morgan fingerprint density at radius 1 is 1.47 bits per heavy atom. The van der Waals surface area contributed by atoms with Gasteiger partial charge in [-0.05, 0) is 25.1 Å². The average Bonchev–Trinajstić information content (AvgIpc) is 2.58. The standard InChI is InChI=1S/C11H9BrN2O2S/c1-6-9(17-11(16)13-6)10(15)14-8-4-2-3-7(12)5-8/h2-5H,1H3,(H,13,16)(H,14,15). The first kappa shape index (κ1) is 12.1. The largest absolute Gasteiger partial charge is 0.321 e. The van der Waals surface area contributed by atoms with E-state index in [1.165, 1.54) is 0 Å². The Morgan fingerprint density at radius 3 is 2.82 bits per heavy atom. The maximum Gasteiger partial charge on any atom is 0.305 e. The molecular weight excluding hydrogens is 304 g/mol. The highest BCUT2D eigenvalue weighted by molar-refractivity contribution is 9.10. The number of anilines is 1. The molecule has 1 aromatic carbocycles. The van der Waals surface area contributed by atoms with Gasteiger partial charge in [0.05, 0.1) is 0 Å². The predicted molar refractivity (Wildman–Crippen MR) is 71.8 cm³/mol. The van der Waals surface area contributed by atoms with E-state index in [-0.39, 0.29) is 10.8 Å². The van der Waals surface area contributed by atoms with Crippen LogP contribution in [0, 0.1) is 6.92 Å². The van der Waals surface area contributed by atoms with Gasteiger partial charge >= 0.3 is 4.87 Å². The van der Waals surface area contributed by atoms with Crippen molar-refractivity contribution in [3.63, 3.8) is 0 Å². The van der Waals surface area contributed by atoms with Crippen LogP contribution < -0.4 is 10.2 Å². The summed E-state index contributed by atoms with van der Waals surface area (Å²) in [5.41, 5.74) is 1.28. The third-order valence-electron chi connectivity index (χ3n) is 2.11. The molecule has 0 aliphatic heterocycles. The van der Waals surface area contributed by atoms with Crippen LogP contribution in [0.5, 0.6) is 0 Å². The molecule has 0 saturated heterocycles. The van der Waals surface area contributed by atoms with Crippen LogP contribution in [0.15, 0.2) is 33.5 Å². The number of nitrogens with one attached hydrogen (secondary N) is 2. The van der Waals surface area contributed by atoms with E-state index in [1.54, 1.807) is 19.1 Å². The van der Waals surface area contributed by atoms with Crippen LogP contribution in [0.4, 0.5) is 5.69 Å². The van der Waals surface area contributed by atoms with Gasteiger partial charge in [0.15, 0.2) is 0 Å². The third kappa shape index (κ3) is 2.83. The van der Waals surface area contributed by atoms with Gasteiger partial charge in [-0.25, -0.2) is 0 Å². The van der Waals surface area contributed by atoms with Gasteiger partial charge in [0.25, 0.3) is 5.91 Å². The van der Waals surface area contributed by atoms with Crippen molar-refractivity contribution in [2.75, 3.05) is 5.32 Å². The molecule has 6 heteroatoms. The van der Waals surface area contributed by atoms with Crippen molar-refractivity contribution >= 4 is 38.9 Å². The van der Waals surface area contributed by atoms with Crippen LogP contribution in [0.3, 0.4) is 0 Å². The quantitative estimate of drug-likeness (QED) is 0.895. The molecule has 2 N–H and O–H groups in total. The highest BCUT2D eigenvalue weighted by atomic mass is 79.9. The number of amides is 1. The minimum absolute atomic E-state index is 0.220. The number of aromatic amines is 1. The Balaban J connectivity index is 2.23. The van der Waals surface area contributed by atoms with E-state index < -0.39 is 0 Å². The number of halogens is 1. The number of carbonyl (C=O) groups is 1. The molecule has 1 amide bonds. The van der Waals surface area contributed by atoms with Gasteiger partial charge in [0.2, 0.25) is 0 Å². The number of hydrogen-bond donors (Lipinski definition) is 2. The molecule has 17 heavy (non-hydrogen) atoms. The number of thiazole rings is 1. The monoisotopic (exact) mass is 312 g/mol. The Hall–Kier alpha value is -1.40. The van der Waals surface area contributed by atoms with Crippen molar-refractivity contribution in [3.8, 4) is 0 Å². The predicted octanol–water partition coefficient (Wildman–Crippen LogP) is 2.76. The summed E-state index contributed by atoms with van der Waals surface area (Å²) >= 11 is 4.23. The van der Waals surface area contributed by atoms with Gasteiger partial charge in [0, 0.05) is 15.9 Å². The van der Waals surface area contributed by atoms with Crippen molar-refractivity contribution < 1.29 is 4.79 Å². The van der Waals surface area contributed by atoms with Gasteiger partial charge in [-0.3, -0.25) is 9.59 Å². The minimum atomic E-state index is -0.274. The summed E-state index contributed by atoms with van der Waals surface area (Å²) in [5.74, 6) is -0.274. The number of H-pyrrole nitrogens is 1. The van der Waals surface area contributed by atoms with Crippen molar-refractivity contribution in [1.82, 2.24) is 4.98 Å². The van der Waals surface area contributed by atoms with E-state index in [9.17, 15) is 9.59 Å². The van der Waals surface area contributed by atoms with Gasteiger partial charge in [-0.15, -0.1) is 0 Å². The fourth-order valence-corrected chi connectivity index (χ4v) is 2.51. The van der Waals surface area contributed by atoms with Gasteiger partial charge in [-0.2, -0.15) is 0 Å². The van der Waals surface area contributed by atoms with E-state index in [1.807, 2.05) is 12.1 Å². The molecule has 4 nitrogen and oxygen atoms in total. The maximum absolute atomic E-state index is 11.9. The lowest BCUT2D eigenvalue weighted by Gasteiger charge is -2.04. The zero-order chi connectivity index (χ0) is 12.4. The average molecular weight is 313 g/mol. The molecule has 0 bridgehead atoms. The van der Waals surface area contributed by atoms with Crippen molar-refractivity contribution in [3.05, 3.63) is 49.0 Å². The minimum Gasteiger partial charge on any atom is -0.321 e. The molecule has 1 aromatic heterocycles. The number of carbonyl (C=O) groups excluding carboxylic acids is 1. The molecule has 0 spiro atoms. The highest BCUT2D eigenvalue weighted by Gasteiger charge is 2.13. The van der Waals surface area contributed by atoms with Crippen LogP contribution in [0.2, 0.25) is 0 Å². The molecule has 2 aromatic rings. The maximum atomic E-state index is 11.9. The molecule has 2 rings (SSSR count). The second-order valence-electron chi connectivity index (χ2n) is 3.43. The summed E-state index contributed by atoms with van der Waals surface area (Å²) < 4.78 is 0.884. The van der Waals surface area contributed by atoms with Gasteiger partial charge in [0.1, 0.15) is 4.88 Å². The van der Waals surface area contributed by atoms with Gasteiger partial charge in [-0.1, -0.05) is 33.3 Å². The van der Waals surface area contributed by atoms with E-state index in [4.69, 9.17) is 0 Å². The number of rotatable bonds is 2. The van der Waals surface area contributed by atoms with Crippen LogP contribution in [-0.4, -0.2) is 10.9 Å². The fraction of sp³-hybridized carbons (Fsp3) is 0.0909. The first-order valence-corrected chi connectivity index (χ1v) is 6.44. The molecular formula is C11H9BrN2O2S. The van der Waals surface area contributed by atoms with Crippen LogP contribution in [-0.2, 0) is 0 Å². The number of aryl methyl sites for hydroxylation is 1. The third-order valence-corrected chi connectivity index (χ3v) is 3.59. The summed E-state index contributed by atoms with van der Waals surface area (Å²) in [7, 11) is 0. The Morgan fingerprint density at radius 2 is 2.24 bits per heavy atom. The van der Waals surface area contributed by atoms with Crippen LogP contribution in [0.25, 0.3) is 0 Å². The molecule has 0 aliphatic carbocycles. The zero-order valence-corrected chi connectivity index (χ0v) is 11.3. The summed E-state index contributed by atoms with van der Waals surface area (Å²) in [6.45, 7) is 1.70. The van der Waals surface area contributed by atoms with E-state index in [0.29, 0.717) is 16.3 Å². The molecule has 0 saturated carbocycles. The number of hydrogen-bond acceptors (Lipinski definition) is 3. The smallest absolute Gasteiger partial charge is 0.305 e. The van der Waals surface area contributed by atoms with Crippen molar-refractivity contribution in [2.24, 2.45) is 0 Å². The zero-order valence-electron chi connectivity index (χ0n) is 8.91. The first-order chi connectivity index (χ1) is 8.06. The fourth-order valence-electron chi connectivity index (χ4n) is 1.38. The highest BCUT2D eigenvalue weighted by Crippen LogP contribution is 2.17. The van der Waals surface area contributed by atoms with E-state index in [0.717, 1.165) is 15.8 Å². The van der Waals surface area contributed by atoms with Crippen LogP contribution in [0.1, 0.15) is 15.4 Å². The lowest BCUT2D eigenvalue weighted by molar-refractivity contribution is 0.103. The van der Waals surface area contributed by atoms with E-state index >= 15 is 0 Å². The van der Waals surface area contributed by atoms with Crippen molar-refractivity contribution in [1.29, 1.82) is 0 Å². The lowest BCUT2D eigenvalue weighted by atomic mass is 10.3. The SMILES string of the molecule is Cc1[nH]c(=O)sc1C(=O)Nc1cccc(Br)c1. The number of benzene rings is 1. The molecule has 0 aliphatic rings. The van der Waals surface area contributed by atoms with Crippen LogP contribution >= 0.6 is 27.3 Å². The Bertz CT molecular complexity index is 618. The molecule has 1 heterocycles. The first-order valence-electron chi connectivity index (χ1n) is 4.83. The summed E-state index contributed by atoms with van der Waals surface area (Å²) in [5, 5.41) is 2.74. The summed E-state index contributed by atoms with van der Waals surface area (Å²) in [4.78, 5) is 25.8. The summed E-state index contributed by atoms with van der Waals surface area (Å²) in [6.07, 6.45) is 0. The van der Waals surface area contributed by atoms with Crippen molar-refractivity contribution in [2.45, 2.75) is 6.92 Å². The normalized spacial score (nSPS) is 10.2. The second kappa shape index (κ2) is 4.85. The molecule has 0 unspecified atom stereocenters. The molecule has 0 radical (unpaired) electrons. The van der Waals surface area contributed by atoms with E-state index in [2.05, 4.69) is 26.2 Å². The Labute approximate surface area is 110 Å². The summed E-state index contributed by atoms with van der Waals surface area (Å²) in [6, 6.07) is 7.28. The Kier molecular flexibility index (Phi) is 3.44. The number of aromatic nitrogens is 1.